The van der Waals surface area contributed by atoms with Crippen molar-refractivity contribution in [2.24, 2.45) is 18.4 Å². The lowest BCUT2D eigenvalue weighted by Crippen LogP contribution is -2.69. The lowest BCUT2D eigenvalue weighted by molar-refractivity contribution is -0.111. The summed E-state index contributed by atoms with van der Waals surface area (Å²) in [6.07, 6.45) is 11.9. The molecule has 0 bridgehead atoms. The number of nitrogens with zero attached hydrogens (tertiary/aromatic N) is 4. The molecule has 5 nitrogen and oxygen atoms in total. The SMILES string of the molecule is Cn1cc(C(=O)N2CC3(CCC3)C2C2CC2)c(-c2cccnc2)n1. The normalized spacial score (nSPS) is 24.5. The Morgan fingerprint density at radius 1 is 1.33 bits per heavy atom. The molecule has 2 aliphatic carbocycles. The van der Waals surface area contributed by atoms with Crippen molar-refractivity contribution in [1.29, 1.82) is 0 Å². The van der Waals surface area contributed by atoms with Gasteiger partial charge in [0.2, 0.25) is 0 Å². The third kappa shape index (κ3) is 1.96. The molecule has 2 aromatic heterocycles. The van der Waals surface area contributed by atoms with Gasteiger partial charge in [-0.15, -0.1) is 0 Å². The number of amides is 1. The van der Waals surface area contributed by atoms with Crippen molar-refractivity contribution >= 4 is 5.91 Å². The van der Waals surface area contributed by atoms with E-state index in [1.165, 1.54) is 32.1 Å². The van der Waals surface area contributed by atoms with Crippen molar-refractivity contribution in [3.8, 4) is 11.3 Å². The maximum Gasteiger partial charge on any atom is 0.257 e. The molecule has 2 aromatic rings. The fraction of sp³-hybridized carbons (Fsp3) is 0.526. The maximum atomic E-state index is 13.3. The van der Waals surface area contributed by atoms with E-state index >= 15 is 0 Å². The monoisotopic (exact) mass is 322 g/mol. The fourth-order valence-electron chi connectivity index (χ4n) is 4.71. The third-order valence-corrected chi connectivity index (χ3v) is 6.12. The second kappa shape index (κ2) is 4.91. The van der Waals surface area contributed by atoms with Gasteiger partial charge >= 0.3 is 0 Å². The maximum absolute atomic E-state index is 13.3. The van der Waals surface area contributed by atoms with Crippen molar-refractivity contribution in [1.82, 2.24) is 19.7 Å². The van der Waals surface area contributed by atoms with Crippen LogP contribution in [0.4, 0.5) is 0 Å². The zero-order chi connectivity index (χ0) is 16.3. The number of rotatable bonds is 3. The van der Waals surface area contributed by atoms with Crippen LogP contribution in [0.1, 0.15) is 42.5 Å². The molecular weight excluding hydrogens is 300 g/mol. The molecule has 0 aromatic carbocycles. The lowest BCUT2D eigenvalue weighted by atomic mass is 9.56. The summed E-state index contributed by atoms with van der Waals surface area (Å²) < 4.78 is 1.74. The summed E-state index contributed by atoms with van der Waals surface area (Å²) in [6, 6.07) is 4.33. The fourth-order valence-corrected chi connectivity index (χ4v) is 4.71. The van der Waals surface area contributed by atoms with E-state index in [2.05, 4.69) is 15.0 Å². The van der Waals surface area contributed by atoms with Crippen LogP contribution in [0.2, 0.25) is 0 Å². The minimum absolute atomic E-state index is 0.149. The predicted octanol–water partition coefficient (Wildman–Crippen LogP) is 2.89. The van der Waals surface area contributed by atoms with Gasteiger partial charge in [-0.25, -0.2) is 0 Å². The molecule has 3 heterocycles. The number of pyridine rings is 1. The summed E-state index contributed by atoms with van der Waals surface area (Å²) in [4.78, 5) is 19.6. The Hall–Kier alpha value is -2.17. The van der Waals surface area contributed by atoms with E-state index in [0.29, 0.717) is 17.0 Å². The predicted molar refractivity (Wildman–Crippen MR) is 90.3 cm³/mol. The number of aromatic nitrogens is 3. The van der Waals surface area contributed by atoms with Crippen LogP contribution >= 0.6 is 0 Å². The highest BCUT2D eigenvalue weighted by Crippen LogP contribution is 2.60. The van der Waals surface area contributed by atoms with Crippen LogP contribution in [0.3, 0.4) is 0 Å². The van der Waals surface area contributed by atoms with Crippen LogP contribution in [0, 0.1) is 11.3 Å². The van der Waals surface area contributed by atoms with Crippen molar-refractivity contribution in [3.63, 3.8) is 0 Å². The van der Waals surface area contributed by atoms with E-state index in [0.717, 1.165) is 23.7 Å². The van der Waals surface area contributed by atoms with Gasteiger partial charge in [-0.05, 0) is 43.7 Å². The van der Waals surface area contributed by atoms with Gasteiger partial charge in [0, 0.05) is 49.2 Å². The van der Waals surface area contributed by atoms with Crippen LogP contribution in [0.25, 0.3) is 11.3 Å². The van der Waals surface area contributed by atoms with Crippen LogP contribution in [-0.4, -0.2) is 38.2 Å². The molecule has 1 spiro atoms. The van der Waals surface area contributed by atoms with Gasteiger partial charge in [0.05, 0.1) is 5.56 Å². The second-order valence-corrected chi connectivity index (χ2v) is 7.74. The first kappa shape index (κ1) is 14.2. The summed E-state index contributed by atoms with van der Waals surface area (Å²) in [5.41, 5.74) is 2.82. The van der Waals surface area contributed by atoms with E-state index in [-0.39, 0.29) is 5.91 Å². The number of carbonyl (C=O) groups is 1. The molecule has 1 atom stereocenters. The highest BCUT2D eigenvalue weighted by molar-refractivity contribution is 6.00. The van der Waals surface area contributed by atoms with Crippen LogP contribution in [-0.2, 0) is 7.05 Å². The van der Waals surface area contributed by atoms with Gasteiger partial charge in [-0.3, -0.25) is 14.5 Å². The Kier molecular flexibility index (Phi) is 2.91. The molecular formula is C19H22N4O. The first-order valence-corrected chi connectivity index (χ1v) is 8.93. The Labute approximate surface area is 141 Å². The lowest BCUT2D eigenvalue weighted by Gasteiger charge is -2.63. The summed E-state index contributed by atoms with van der Waals surface area (Å²) in [6.45, 7) is 0.939. The number of likely N-dealkylation sites (tertiary alicyclic amines) is 1. The van der Waals surface area contributed by atoms with E-state index in [4.69, 9.17) is 0 Å². The topological polar surface area (TPSA) is 51.0 Å². The zero-order valence-corrected chi connectivity index (χ0v) is 14.0. The smallest absolute Gasteiger partial charge is 0.257 e. The summed E-state index contributed by atoms with van der Waals surface area (Å²) in [5.74, 6) is 0.887. The second-order valence-electron chi connectivity index (χ2n) is 7.74. The summed E-state index contributed by atoms with van der Waals surface area (Å²) in [5, 5.41) is 4.53. The van der Waals surface area contributed by atoms with Crippen LogP contribution in [0.5, 0.6) is 0 Å². The van der Waals surface area contributed by atoms with Gasteiger partial charge in [0.25, 0.3) is 5.91 Å². The van der Waals surface area contributed by atoms with Crippen molar-refractivity contribution in [3.05, 3.63) is 36.3 Å². The first-order chi connectivity index (χ1) is 11.7. The van der Waals surface area contributed by atoms with Gasteiger partial charge < -0.3 is 4.90 Å². The van der Waals surface area contributed by atoms with Gasteiger partial charge in [0.15, 0.2) is 0 Å². The average Bonchev–Trinajstić information content (AvgIpc) is 3.25. The van der Waals surface area contributed by atoms with Crippen molar-refractivity contribution in [2.75, 3.05) is 6.54 Å². The number of carbonyl (C=O) groups excluding carboxylic acids is 1. The van der Waals surface area contributed by atoms with Crippen LogP contribution in [0.15, 0.2) is 30.7 Å². The number of hydrogen-bond donors (Lipinski definition) is 0. The van der Waals surface area contributed by atoms with Gasteiger partial charge in [0.1, 0.15) is 5.69 Å². The van der Waals surface area contributed by atoms with E-state index in [9.17, 15) is 4.79 Å². The highest BCUT2D eigenvalue weighted by Gasteiger charge is 2.61. The molecule has 0 N–H and O–H groups in total. The molecule has 2 saturated carbocycles. The third-order valence-electron chi connectivity index (χ3n) is 6.12. The first-order valence-electron chi connectivity index (χ1n) is 8.93. The summed E-state index contributed by atoms with van der Waals surface area (Å²) in [7, 11) is 1.87. The summed E-state index contributed by atoms with van der Waals surface area (Å²) >= 11 is 0. The molecule has 1 aliphatic heterocycles. The minimum Gasteiger partial charge on any atom is -0.334 e. The Balaban J connectivity index is 1.48. The molecule has 3 fully saturated rings. The standard InChI is InChI=1S/C19H22N4O/c1-22-11-15(16(21-22)14-4-2-9-20-10-14)18(24)23-12-19(7-3-8-19)17(23)13-5-6-13/h2,4,9-11,13,17H,3,5-8,12H2,1H3. The van der Waals surface area contributed by atoms with Gasteiger partial charge in [-0.1, -0.05) is 6.42 Å². The minimum atomic E-state index is 0.149. The Bertz CT molecular complexity index is 789. The van der Waals surface area contributed by atoms with Crippen molar-refractivity contribution < 1.29 is 4.79 Å². The quantitative estimate of drug-likeness (QED) is 0.873. The molecule has 5 rings (SSSR count). The zero-order valence-electron chi connectivity index (χ0n) is 14.0. The molecule has 1 amide bonds. The molecule has 1 unspecified atom stereocenters. The van der Waals surface area contributed by atoms with E-state index < -0.39 is 0 Å². The van der Waals surface area contributed by atoms with E-state index in [1.54, 1.807) is 17.1 Å². The number of hydrogen-bond acceptors (Lipinski definition) is 3. The molecule has 3 aliphatic rings. The van der Waals surface area contributed by atoms with E-state index in [1.807, 2.05) is 25.4 Å². The van der Waals surface area contributed by atoms with Crippen LogP contribution < -0.4 is 0 Å². The molecule has 124 valence electrons. The Morgan fingerprint density at radius 3 is 2.79 bits per heavy atom. The van der Waals surface area contributed by atoms with Gasteiger partial charge in [-0.2, -0.15) is 5.10 Å². The molecule has 0 radical (unpaired) electrons. The largest absolute Gasteiger partial charge is 0.334 e. The van der Waals surface area contributed by atoms with Crippen molar-refractivity contribution in [2.45, 2.75) is 38.1 Å². The average molecular weight is 322 g/mol. The molecule has 1 saturated heterocycles. The number of aryl methyl sites for hydroxylation is 1. The highest BCUT2D eigenvalue weighted by atomic mass is 16.2. The molecule has 5 heteroatoms. The Morgan fingerprint density at radius 2 is 2.17 bits per heavy atom. The molecule has 24 heavy (non-hydrogen) atoms.